The van der Waals surface area contributed by atoms with E-state index in [1.54, 1.807) is 53.4 Å². The molecule has 2 heterocycles. The standard InChI is InChI=1S/C28H29N3O4S2/c1-18-6-14-24(15-7-18)37(33,34)30-22-12-10-21(11-13-22)27(32)31(17-23-5-4-16-35-23)28-29-25-19(2)8-9-20(3)26(25)36-28/h6-15,23,30H,4-5,16-17H2,1-3H3. The van der Waals surface area contributed by atoms with Crippen molar-refractivity contribution in [3.63, 3.8) is 0 Å². The molecule has 1 unspecified atom stereocenters. The number of carbonyl (C=O) groups excluding carboxylic acids is 1. The monoisotopic (exact) mass is 535 g/mol. The van der Waals surface area contributed by atoms with Gasteiger partial charge in [0.05, 0.1) is 27.8 Å². The third-order valence-electron chi connectivity index (χ3n) is 6.53. The minimum Gasteiger partial charge on any atom is -0.376 e. The SMILES string of the molecule is Cc1ccc(S(=O)(=O)Nc2ccc(C(=O)N(CC3CCCO3)c3nc4c(C)ccc(C)c4s3)cc2)cc1. The van der Waals surface area contributed by atoms with Gasteiger partial charge in [0.2, 0.25) is 0 Å². The summed E-state index contributed by atoms with van der Waals surface area (Å²) in [5.41, 5.74) is 4.91. The van der Waals surface area contributed by atoms with E-state index in [-0.39, 0.29) is 16.9 Å². The van der Waals surface area contributed by atoms with Crippen LogP contribution >= 0.6 is 11.3 Å². The van der Waals surface area contributed by atoms with Crippen molar-refractivity contribution in [1.29, 1.82) is 0 Å². The van der Waals surface area contributed by atoms with Crippen molar-refractivity contribution in [2.75, 3.05) is 22.8 Å². The highest BCUT2D eigenvalue weighted by Gasteiger charge is 2.27. The van der Waals surface area contributed by atoms with Gasteiger partial charge in [-0.2, -0.15) is 0 Å². The number of amides is 1. The lowest BCUT2D eigenvalue weighted by atomic mass is 10.1. The summed E-state index contributed by atoms with van der Waals surface area (Å²) < 4.78 is 35.0. The Bertz CT molecular complexity index is 1500. The molecule has 1 aliphatic heterocycles. The zero-order valence-electron chi connectivity index (χ0n) is 21.0. The highest BCUT2D eigenvalue weighted by molar-refractivity contribution is 7.92. The van der Waals surface area contributed by atoms with E-state index in [1.807, 2.05) is 26.8 Å². The van der Waals surface area contributed by atoms with Crippen LogP contribution in [0.4, 0.5) is 10.8 Å². The maximum Gasteiger partial charge on any atom is 0.261 e. The fraction of sp³-hybridized carbons (Fsp3) is 0.286. The molecular weight excluding hydrogens is 506 g/mol. The van der Waals surface area contributed by atoms with Crippen LogP contribution in [0.15, 0.2) is 65.6 Å². The average Bonchev–Trinajstić information content (AvgIpc) is 3.56. The lowest BCUT2D eigenvalue weighted by Crippen LogP contribution is -2.37. The van der Waals surface area contributed by atoms with Crippen molar-refractivity contribution in [1.82, 2.24) is 4.98 Å². The number of aromatic nitrogens is 1. The summed E-state index contributed by atoms with van der Waals surface area (Å²) in [6, 6.07) is 17.3. The van der Waals surface area contributed by atoms with Gasteiger partial charge in [0.15, 0.2) is 5.13 Å². The molecule has 0 saturated carbocycles. The van der Waals surface area contributed by atoms with Crippen LogP contribution in [0.1, 0.15) is 39.9 Å². The van der Waals surface area contributed by atoms with Crippen molar-refractivity contribution in [3.05, 3.63) is 82.9 Å². The summed E-state index contributed by atoms with van der Waals surface area (Å²) in [4.78, 5) is 20.5. The first-order valence-electron chi connectivity index (χ1n) is 12.2. The predicted molar refractivity (Wildman–Crippen MR) is 148 cm³/mol. The van der Waals surface area contributed by atoms with Gasteiger partial charge in [0.25, 0.3) is 15.9 Å². The molecule has 4 aromatic rings. The van der Waals surface area contributed by atoms with Gasteiger partial charge >= 0.3 is 0 Å². The Morgan fingerprint density at radius 2 is 1.73 bits per heavy atom. The van der Waals surface area contributed by atoms with Crippen molar-refractivity contribution in [2.45, 2.75) is 44.6 Å². The van der Waals surface area contributed by atoms with E-state index in [2.05, 4.69) is 10.8 Å². The van der Waals surface area contributed by atoms with Gasteiger partial charge in [-0.25, -0.2) is 13.4 Å². The van der Waals surface area contributed by atoms with Crippen LogP contribution in [0.25, 0.3) is 10.2 Å². The Hall–Kier alpha value is -3.27. The second-order valence-electron chi connectivity index (χ2n) is 9.42. The van der Waals surface area contributed by atoms with E-state index in [0.29, 0.717) is 29.5 Å². The number of nitrogens with one attached hydrogen (secondary N) is 1. The normalized spacial score (nSPS) is 15.7. The first-order chi connectivity index (χ1) is 17.7. The number of aryl methyl sites for hydroxylation is 3. The number of anilines is 2. The van der Waals surface area contributed by atoms with Crippen LogP contribution in [-0.2, 0) is 14.8 Å². The summed E-state index contributed by atoms with van der Waals surface area (Å²) in [6.07, 6.45) is 1.83. The van der Waals surface area contributed by atoms with Gasteiger partial charge in [0, 0.05) is 17.9 Å². The van der Waals surface area contributed by atoms with Gasteiger partial charge in [-0.15, -0.1) is 0 Å². The van der Waals surface area contributed by atoms with Crippen molar-refractivity contribution < 1.29 is 17.9 Å². The molecule has 1 aliphatic rings. The molecule has 1 saturated heterocycles. The number of rotatable bonds is 7. The Kier molecular flexibility index (Phi) is 7.02. The lowest BCUT2D eigenvalue weighted by Gasteiger charge is -2.23. The number of ether oxygens (including phenoxy) is 1. The number of thiazole rings is 1. The quantitative estimate of drug-likeness (QED) is 0.321. The molecule has 192 valence electrons. The molecule has 0 bridgehead atoms. The van der Waals surface area contributed by atoms with Gasteiger partial charge in [-0.05, 0) is 81.1 Å². The van der Waals surface area contributed by atoms with Crippen LogP contribution in [0.5, 0.6) is 0 Å². The molecule has 1 aromatic heterocycles. The Morgan fingerprint density at radius 1 is 1.03 bits per heavy atom. The average molecular weight is 536 g/mol. The smallest absolute Gasteiger partial charge is 0.261 e. The van der Waals surface area contributed by atoms with Gasteiger partial charge < -0.3 is 4.74 Å². The molecule has 37 heavy (non-hydrogen) atoms. The van der Waals surface area contributed by atoms with E-state index in [9.17, 15) is 13.2 Å². The zero-order chi connectivity index (χ0) is 26.2. The summed E-state index contributed by atoms with van der Waals surface area (Å²) >= 11 is 1.51. The maximum atomic E-state index is 13.7. The fourth-order valence-electron chi connectivity index (χ4n) is 4.37. The Labute approximate surface area is 221 Å². The minimum absolute atomic E-state index is 0.0428. The zero-order valence-corrected chi connectivity index (χ0v) is 22.7. The molecular formula is C28H29N3O4S2. The molecule has 7 nitrogen and oxygen atoms in total. The second kappa shape index (κ2) is 10.2. The molecule has 5 rings (SSSR count). The first kappa shape index (κ1) is 25.4. The third kappa shape index (κ3) is 5.39. The molecule has 9 heteroatoms. The molecule has 1 atom stereocenters. The van der Waals surface area contributed by atoms with Crippen LogP contribution < -0.4 is 9.62 Å². The second-order valence-corrected chi connectivity index (χ2v) is 12.1. The number of nitrogens with zero attached hydrogens (tertiary/aromatic N) is 2. The van der Waals surface area contributed by atoms with Gasteiger partial charge in [-0.3, -0.25) is 14.4 Å². The molecule has 1 fully saturated rings. The summed E-state index contributed by atoms with van der Waals surface area (Å²) in [6.45, 7) is 7.08. The van der Waals surface area contributed by atoms with E-state index in [4.69, 9.17) is 9.72 Å². The van der Waals surface area contributed by atoms with Crippen molar-refractivity contribution in [3.8, 4) is 0 Å². The molecule has 0 spiro atoms. The van der Waals surface area contributed by atoms with Crippen LogP contribution in [-0.4, -0.2) is 38.6 Å². The van der Waals surface area contributed by atoms with Crippen LogP contribution in [0.2, 0.25) is 0 Å². The maximum absolute atomic E-state index is 13.7. The van der Waals surface area contributed by atoms with Gasteiger partial charge in [-0.1, -0.05) is 41.2 Å². The molecule has 1 N–H and O–H groups in total. The number of carbonyl (C=O) groups is 1. The largest absolute Gasteiger partial charge is 0.376 e. The van der Waals surface area contributed by atoms with E-state index < -0.39 is 10.0 Å². The predicted octanol–water partition coefficient (Wildman–Crippen LogP) is 5.85. The molecule has 1 amide bonds. The first-order valence-corrected chi connectivity index (χ1v) is 14.5. The third-order valence-corrected chi connectivity index (χ3v) is 9.14. The number of fused-ring (bicyclic) bond motifs is 1. The van der Waals surface area contributed by atoms with Crippen molar-refractivity contribution in [2.24, 2.45) is 0 Å². The number of sulfonamides is 1. The summed E-state index contributed by atoms with van der Waals surface area (Å²) in [5, 5.41) is 0.636. The number of hydrogen-bond acceptors (Lipinski definition) is 6. The Morgan fingerprint density at radius 3 is 2.38 bits per heavy atom. The molecule has 0 radical (unpaired) electrons. The summed E-state index contributed by atoms with van der Waals surface area (Å²) in [7, 11) is -3.73. The Balaban J connectivity index is 1.42. The highest BCUT2D eigenvalue weighted by Crippen LogP contribution is 2.34. The minimum atomic E-state index is -3.73. The number of benzene rings is 3. The molecule has 3 aromatic carbocycles. The fourth-order valence-corrected chi connectivity index (χ4v) is 6.55. The van der Waals surface area contributed by atoms with Crippen LogP contribution in [0, 0.1) is 20.8 Å². The van der Waals surface area contributed by atoms with Crippen LogP contribution in [0.3, 0.4) is 0 Å². The number of hydrogen-bond donors (Lipinski definition) is 1. The van der Waals surface area contributed by atoms with E-state index in [1.165, 1.54) is 11.3 Å². The van der Waals surface area contributed by atoms with E-state index >= 15 is 0 Å². The lowest BCUT2D eigenvalue weighted by molar-refractivity contribution is 0.0917. The topological polar surface area (TPSA) is 88.6 Å². The summed E-state index contributed by atoms with van der Waals surface area (Å²) in [5.74, 6) is -0.196. The highest BCUT2D eigenvalue weighted by atomic mass is 32.2. The van der Waals surface area contributed by atoms with Gasteiger partial charge in [0.1, 0.15) is 0 Å². The molecule has 0 aliphatic carbocycles. The van der Waals surface area contributed by atoms with Crippen molar-refractivity contribution >= 4 is 48.3 Å². The van der Waals surface area contributed by atoms with E-state index in [0.717, 1.165) is 39.7 Å².